The van der Waals surface area contributed by atoms with Gasteiger partial charge in [0.05, 0.1) is 25.4 Å². The Kier molecular flexibility index (Phi) is 42.9. The van der Waals surface area contributed by atoms with E-state index in [1.165, 1.54) is 186 Å². The van der Waals surface area contributed by atoms with Gasteiger partial charge in [-0.3, -0.25) is 4.79 Å². The molecule has 1 aliphatic heterocycles. The monoisotopic (exact) mass is 942 g/mol. The van der Waals surface area contributed by atoms with Crippen LogP contribution in [0.25, 0.3) is 0 Å². The van der Waals surface area contributed by atoms with Crippen molar-refractivity contribution in [3.63, 3.8) is 0 Å². The highest BCUT2D eigenvalue weighted by Crippen LogP contribution is 2.23. The van der Waals surface area contributed by atoms with Gasteiger partial charge in [0.2, 0.25) is 5.91 Å². The number of aliphatic hydroxyl groups excluding tert-OH is 7. The van der Waals surface area contributed by atoms with E-state index in [2.05, 4.69) is 31.3 Å². The van der Waals surface area contributed by atoms with E-state index in [1.807, 2.05) is 0 Å². The van der Waals surface area contributed by atoms with Gasteiger partial charge < -0.3 is 50.5 Å². The maximum atomic E-state index is 13.2. The number of amides is 1. The molecule has 9 atom stereocenters. The number of unbranched alkanes of at least 4 members (excludes halogenated alkanes) is 34. The molecule has 9 unspecified atom stereocenters. The van der Waals surface area contributed by atoms with Crippen molar-refractivity contribution in [2.45, 2.75) is 319 Å². The Morgan fingerprint density at radius 3 is 1.30 bits per heavy atom. The first-order valence-electron chi connectivity index (χ1n) is 28.1. The van der Waals surface area contributed by atoms with Gasteiger partial charge in [-0.25, -0.2) is 0 Å². The zero-order valence-electron chi connectivity index (χ0n) is 42.7. The van der Waals surface area contributed by atoms with Crippen LogP contribution in [0.2, 0.25) is 0 Å². The number of ether oxygens (including phenoxy) is 2. The summed E-state index contributed by atoms with van der Waals surface area (Å²) in [5, 5.41) is 76.0. The molecule has 1 amide bonds. The van der Waals surface area contributed by atoms with Crippen LogP contribution in [-0.4, -0.2) is 110 Å². The van der Waals surface area contributed by atoms with Crippen molar-refractivity contribution in [2.24, 2.45) is 0 Å². The summed E-state index contributed by atoms with van der Waals surface area (Å²) in [4.78, 5) is 13.2. The number of hydrogen-bond donors (Lipinski definition) is 8. The van der Waals surface area contributed by atoms with Crippen molar-refractivity contribution in [3.05, 3.63) is 12.2 Å². The molecule has 66 heavy (non-hydrogen) atoms. The van der Waals surface area contributed by atoms with Crippen LogP contribution in [0, 0.1) is 0 Å². The van der Waals surface area contributed by atoms with Crippen molar-refractivity contribution in [3.8, 4) is 0 Å². The van der Waals surface area contributed by atoms with Gasteiger partial charge in [0.25, 0.3) is 0 Å². The standard InChI is InChI=1S/C55H107NO10/c1-3-5-7-9-11-13-15-17-19-21-23-24-25-27-28-30-32-34-36-38-40-42-47(58)50(60)46(45-65-55-53(63)52(62)51(61)49(44-57)66-55)56-54(64)48(59)43-41-39-37-35-33-31-29-26-22-20-18-16-14-12-10-8-6-4-2/h34,36,46-53,55,57-63H,3-33,35,37-45H2,1-2H3,(H,56,64)/b36-34+. The molecule has 0 spiro atoms. The molecule has 1 fully saturated rings. The summed E-state index contributed by atoms with van der Waals surface area (Å²) < 4.78 is 11.1. The van der Waals surface area contributed by atoms with Crippen molar-refractivity contribution in [2.75, 3.05) is 13.2 Å². The number of hydrogen-bond acceptors (Lipinski definition) is 10. The normalized spacial score (nSPS) is 20.8. The zero-order chi connectivity index (χ0) is 48.3. The van der Waals surface area contributed by atoms with Gasteiger partial charge >= 0.3 is 0 Å². The third-order valence-electron chi connectivity index (χ3n) is 13.8. The van der Waals surface area contributed by atoms with Crippen LogP contribution in [0.15, 0.2) is 12.2 Å². The number of carbonyl (C=O) groups is 1. The van der Waals surface area contributed by atoms with E-state index in [0.29, 0.717) is 12.8 Å². The van der Waals surface area contributed by atoms with Crippen LogP contribution in [0.3, 0.4) is 0 Å². The van der Waals surface area contributed by atoms with Crippen molar-refractivity contribution in [1.82, 2.24) is 5.32 Å². The fraction of sp³-hybridized carbons (Fsp3) is 0.945. The summed E-state index contributed by atoms with van der Waals surface area (Å²) in [6, 6.07) is -1.18. The van der Waals surface area contributed by atoms with Crippen LogP contribution < -0.4 is 5.32 Å². The lowest BCUT2D eigenvalue weighted by Crippen LogP contribution is -2.60. The smallest absolute Gasteiger partial charge is 0.249 e. The van der Waals surface area contributed by atoms with Crippen LogP contribution in [0.1, 0.15) is 264 Å². The molecule has 1 heterocycles. The number of rotatable bonds is 48. The van der Waals surface area contributed by atoms with Crippen molar-refractivity contribution >= 4 is 5.91 Å². The second-order valence-corrected chi connectivity index (χ2v) is 20.0. The molecule has 0 aromatic heterocycles. The van der Waals surface area contributed by atoms with Gasteiger partial charge in [-0.1, -0.05) is 238 Å². The second kappa shape index (κ2) is 45.0. The fourth-order valence-corrected chi connectivity index (χ4v) is 9.21. The Morgan fingerprint density at radius 1 is 0.515 bits per heavy atom. The van der Waals surface area contributed by atoms with E-state index in [0.717, 1.165) is 38.5 Å². The van der Waals surface area contributed by atoms with Gasteiger partial charge in [0.15, 0.2) is 6.29 Å². The minimum atomic E-state index is -1.66. The first-order chi connectivity index (χ1) is 32.2. The predicted molar refractivity (Wildman–Crippen MR) is 270 cm³/mol. The van der Waals surface area contributed by atoms with E-state index in [1.54, 1.807) is 0 Å². The van der Waals surface area contributed by atoms with Gasteiger partial charge in [-0.15, -0.1) is 0 Å². The molecule has 0 aliphatic carbocycles. The van der Waals surface area contributed by atoms with Crippen molar-refractivity contribution < 1.29 is 50.0 Å². The summed E-state index contributed by atoms with van der Waals surface area (Å²) in [6.07, 6.45) is 39.8. The molecule has 1 aliphatic rings. The number of allylic oxidation sites excluding steroid dienone is 2. The predicted octanol–water partition coefficient (Wildman–Crippen LogP) is 11.2. The molecule has 8 N–H and O–H groups in total. The van der Waals surface area contributed by atoms with Gasteiger partial charge in [0, 0.05) is 0 Å². The summed E-state index contributed by atoms with van der Waals surface area (Å²) >= 11 is 0. The quantitative estimate of drug-likeness (QED) is 0.0215. The first-order valence-corrected chi connectivity index (χ1v) is 28.1. The molecular formula is C55H107NO10. The molecular weight excluding hydrogens is 835 g/mol. The largest absolute Gasteiger partial charge is 0.394 e. The molecule has 0 saturated carbocycles. The van der Waals surface area contributed by atoms with E-state index in [-0.39, 0.29) is 12.8 Å². The first kappa shape index (κ1) is 62.9. The Bertz CT molecular complexity index is 1080. The van der Waals surface area contributed by atoms with Gasteiger partial charge in [0.1, 0.15) is 36.6 Å². The number of carbonyl (C=O) groups excluding carboxylic acids is 1. The Labute approximate surface area is 404 Å². The summed E-state index contributed by atoms with van der Waals surface area (Å²) in [6.45, 7) is 3.47. The van der Waals surface area contributed by atoms with Gasteiger partial charge in [-0.2, -0.15) is 0 Å². The lowest BCUT2D eigenvalue weighted by atomic mass is 9.98. The van der Waals surface area contributed by atoms with E-state index in [9.17, 15) is 40.5 Å². The van der Waals surface area contributed by atoms with E-state index >= 15 is 0 Å². The topological polar surface area (TPSA) is 189 Å². The summed E-state index contributed by atoms with van der Waals surface area (Å²) in [5.41, 5.74) is 0. The number of aliphatic hydroxyl groups is 7. The Hall–Kier alpha value is -1.15. The highest BCUT2D eigenvalue weighted by atomic mass is 16.7. The zero-order valence-corrected chi connectivity index (χ0v) is 42.7. The molecule has 0 aromatic rings. The summed E-state index contributed by atoms with van der Waals surface area (Å²) in [7, 11) is 0. The summed E-state index contributed by atoms with van der Waals surface area (Å²) in [5.74, 6) is -0.701. The SMILES string of the molecule is CCCCCCCCCCCCCCCCCC/C=C/CCCC(O)C(O)C(COC1OC(CO)C(O)C(O)C1O)NC(=O)C(O)CCCCCCCCCCCCCCCCCCCC. The lowest BCUT2D eigenvalue weighted by molar-refractivity contribution is -0.303. The average molecular weight is 942 g/mol. The van der Waals surface area contributed by atoms with Crippen LogP contribution in [-0.2, 0) is 14.3 Å². The molecule has 11 heteroatoms. The maximum Gasteiger partial charge on any atom is 0.249 e. The highest BCUT2D eigenvalue weighted by Gasteiger charge is 2.44. The molecule has 1 rings (SSSR count). The number of nitrogens with one attached hydrogen (secondary N) is 1. The molecule has 11 nitrogen and oxygen atoms in total. The molecule has 1 saturated heterocycles. The minimum absolute atomic E-state index is 0.259. The third-order valence-corrected chi connectivity index (χ3v) is 13.8. The maximum absolute atomic E-state index is 13.2. The van der Waals surface area contributed by atoms with Crippen LogP contribution in [0.5, 0.6) is 0 Å². The van der Waals surface area contributed by atoms with Gasteiger partial charge in [-0.05, 0) is 38.5 Å². The Balaban J connectivity index is 2.35. The van der Waals surface area contributed by atoms with E-state index < -0.39 is 74.2 Å². The molecule has 392 valence electrons. The second-order valence-electron chi connectivity index (χ2n) is 20.0. The minimum Gasteiger partial charge on any atom is -0.394 e. The van der Waals surface area contributed by atoms with Crippen LogP contribution in [0.4, 0.5) is 0 Å². The fourth-order valence-electron chi connectivity index (χ4n) is 9.21. The molecule has 0 bridgehead atoms. The lowest BCUT2D eigenvalue weighted by Gasteiger charge is -2.40. The molecule has 0 aromatic carbocycles. The average Bonchev–Trinajstić information content (AvgIpc) is 3.32. The van der Waals surface area contributed by atoms with E-state index in [4.69, 9.17) is 9.47 Å². The highest BCUT2D eigenvalue weighted by molar-refractivity contribution is 5.80. The Morgan fingerprint density at radius 2 is 0.894 bits per heavy atom. The third kappa shape index (κ3) is 33.4. The molecule has 0 radical (unpaired) electrons. The van der Waals surface area contributed by atoms with Crippen molar-refractivity contribution in [1.29, 1.82) is 0 Å². The van der Waals surface area contributed by atoms with Crippen LogP contribution >= 0.6 is 0 Å².